The van der Waals surface area contributed by atoms with E-state index < -0.39 is 0 Å². The van der Waals surface area contributed by atoms with Crippen molar-refractivity contribution in [3.05, 3.63) is 23.0 Å². The number of likely N-dealkylation sites (tertiary alicyclic amines) is 1. The molecule has 20 heavy (non-hydrogen) atoms. The first-order valence-electron chi connectivity index (χ1n) is 7.25. The second-order valence-electron chi connectivity index (χ2n) is 5.63. The van der Waals surface area contributed by atoms with E-state index in [-0.39, 0.29) is 5.84 Å². The molecule has 0 amide bonds. The third-order valence-corrected chi connectivity index (χ3v) is 3.94. The highest BCUT2D eigenvalue weighted by Crippen LogP contribution is 2.22. The van der Waals surface area contributed by atoms with Crippen LogP contribution in [0.25, 0.3) is 0 Å². The highest BCUT2D eigenvalue weighted by atomic mass is 15.2. The average Bonchev–Trinajstić information content (AvgIpc) is 2.87. The van der Waals surface area contributed by atoms with Crippen molar-refractivity contribution >= 4 is 11.5 Å². The number of nitrogens with two attached hydrogens (primary N) is 1. The predicted octanol–water partition coefficient (Wildman–Crippen LogP) is 1.51. The SMILES string of the molecule is Cc1cc(N(C)CCN2CCCC2)c(C(=N)N)c(C)n1. The molecule has 1 aliphatic rings. The third-order valence-electron chi connectivity index (χ3n) is 3.94. The highest BCUT2D eigenvalue weighted by Gasteiger charge is 2.16. The molecule has 0 atom stereocenters. The second kappa shape index (κ2) is 6.22. The van der Waals surface area contributed by atoms with Gasteiger partial charge in [0.2, 0.25) is 0 Å². The van der Waals surface area contributed by atoms with E-state index in [2.05, 4.69) is 21.8 Å². The zero-order valence-corrected chi connectivity index (χ0v) is 12.7. The number of amidine groups is 1. The molecule has 0 bridgehead atoms. The summed E-state index contributed by atoms with van der Waals surface area (Å²) in [4.78, 5) is 9.10. The number of nitrogens with zero attached hydrogens (tertiary/aromatic N) is 3. The standard InChI is InChI=1S/C15H25N5/c1-11-10-13(14(15(16)17)12(2)18-11)19(3)8-9-20-6-4-5-7-20/h10H,4-9H2,1-3H3,(H3,16,17). The van der Waals surface area contributed by atoms with Gasteiger partial charge in [-0.1, -0.05) is 0 Å². The van der Waals surface area contributed by atoms with Crippen molar-refractivity contribution in [3.8, 4) is 0 Å². The van der Waals surface area contributed by atoms with Crippen LogP contribution >= 0.6 is 0 Å². The number of pyridine rings is 1. The van der Waals surface area contributed by atoms with Crippen molar-refractivity contribution < 1.29 is 0 Å². The fourth-order valence-electron chi connectivity index (χ4n) is 2.86. The van der Waals surface area contributed by atoms with Crippen LogP contribution in [-0.2, 0) is 0 Å². The average molecular weight is 275 g/mol. The Morgan fingerprint density at radius 3 is 2.65 bits per heavy atom. The molecule has 0 saturated carbocycles. The number of aromatic nitrogens is 1. The van der Waals surface area contributed by atoms with Crippen LogP contribution in [0.3, 0.4) is 0 Å². The van der Waals surface area contributed by atoms with Crippen molar-refractivity contribution in [2.75, 3.05) is 38.1 Å². The zero-order valence-electron chi connectivity index (χ0n) is 12.7. The molecule has 1 aliphatic heterocycles. The van der Waals surface area contributed by atoms with Gasteiger partial charge in [0, 0.05) is 25.8 Å². The number of hydrogen-bond acceptors (Lipinski definition) is 4. The zero-order chi connectivity index (χ0) is 14.7. The molecular weight excluding hydrogens is 250 g/mol. The molecule has 0 radical (unpaired) electrons. The fraction of sp³-hybridized carbons (Fsp3) is 0.600. The maximum absolute atomic E-state index is 7.78. The van der Waals surface area contributed by atoms with Crippen molar-refractivity contribution in [3.63, 3.8) is 0 Å². The first kappa shape index (κ1) is 14.8. The molecule has 5 nitrogen and oxygen atoms in total. The third kappa shape index (κ3) is 3.28. The van der Waals surface area contributed by atoms with Crippen molar-refractivity contribution in [2.45, 2.75) is 26.7 Å². The molecule has 2 heterocycles. The van der Waals surface area contributed by atoms with Crippen LogP contribution in [0.5, 0.6) is 0 Å². The molecule has 2 rings (SSSR count). The number of rotatable bonds is 5. The number of anilines is 1. The summed E-state index contributed by atoms with van der Waals surface area (Å²) < 4.78 is 0. The number of nitrogen functional groups attached to an aromatic ring is 1. The monoisotopic (exact) mass is 275 g/mol. The van der Waals surface area contributed by atoms with E-state index in [1.54, 1.807) is 0 Å². The molecule has 1 aromatic heterocycles. The Bertz CT molecular complexity index is 491. The summed E-state index contributed by atoms with van der Waals surface area (Å²) in [6, 6.07) is 2.02. The van der Waals surface area contributed by atoms with E-state index in [9.17, 15) is 0 Å². The van der Waals surface area contributed by atoms with Crippen LogP contribution in [0.2, 0.25) is 0 Å². The lowest BCUT2D eigenvalue weighted by Crippen LogP contribution is -2.33. The number of nitrogens with one attached hydrogen (secondary N) is 1. The van der Waals surface area contributed by atoms with Crippen LogP contribution < -0.4 is 10.6 Å². The highest BCUT2D eigenvalue weighted by molar-refractivity contribution is 6.01. The molecule has 3 N–H and O–H groups in total. The van der Waals surface area contributed by atoms with Gasteiger partial charge in [-0.15, -0.1) is 0 Å². The topological polar surface area (TPSA) is 69.2 Å². The quantitative estimate of drug-likeness (QED) is 0.631. The summed E-state index contributed by atoms with van der Waals surface area (Å²) in [6.07, 6.45) is 2.63. The first-order valence-corrected chi connectivity index (χ1v) is 7.25. The van der Waals surface area contributed by atoms with Crippen molar-refractivity contribution in [2.24, 2.45) is 5.73 Å². The Hall–Kier alpha value is -1.62. The van der Waals surface area contributed by atoms with Gasteiger partial charge in [0.05, 0.1) is 16.9 Å². The van der Waals surface area contributed by atoms with Crippen molar-refractivity contribution in [1.82, 2.24) is 9.88 Å². The minimum Gasteiger partial charge on any atom is -0.384 e. The Balaban J connectivity index is 2.15. The van der Waals surface area contributed by atoms with Gasteiger partial charge in [-0.3, -0.25) is 10.4 Å². The molecule has 0 aliphatic carbocycles. The maximum Gasteiger partial charge on any atom is 0.126 e. The van der Waals surface area contributed by atoms with E-state index in [0.717, 1.165) is 35.7 Å². The molecule has 110 valence electrons. The van der Waals surface area contributed by atoms with E-state index in [4.69, 9.17) is 11.1 Å². The molecule has 0 spiro atoms. The number of likely N-dealkylation sites (N-methyl/N-ethyl adjacent to an activating group) is 1. The Kier molecular flexibility index (Phi) is 4.60. The molecule has 0 unspecified atom stereocenters. The van der Waals surface area contributed by atoms with Gasteiger partial charge in [-0.2, -0.15) is 0 Å². The number of aryl methyl sites for hydroxylation is 2. The Morgan fingerprint density at radius 1 is 1.40 bits per heavy atom. The van der Waals surface area contributed by atoms with Gasteiger partial charge in [-0.05, 0) is 45.8 Å². The van der Waals surface area contributed by atoms with Gasteiger partial charge in [-0.25, -0.2) is 0 Å². The fourth-order valence-corrected chi connectivity index (χ4v) is 2.86. The minimum absolute atomic E-state index is 0.0954. The summed E-state index contributed by atoms with van der Waals surface area (Å²) in [5, 5.41) is 7.78. The lowest BCUT2D eigenvalue weighted by Gasteiger charge is -2.26. The van der Waals surface area contributed by atoms with Gasteiger partial charge >= 0.3 is 0 Å². The lowest BCUT2D eigenvalue weighted by molar-refractivity contribution is 0.346. The number of hydrogen-bond donors (Lipinski definition) is 2. The van der Waals surface area contributed by atoms with E-state index >= 15 is 0 Å². The summed E-state index contributed by atoms with van der Waals surface area (Å²) >= 11 is 0. The largest absolute Gasteiger partial charge is 0.384 e. The smallest absolute Gasteiger partial charge is 0.126 e. The van der Waals surface area contributed by atoms with E-state index in [1.807, 2.05) is 19.9 Å². The summed E-state index contributed by atoms with van der Waals surface area (Å²) in [5.41, 5.74) is 9.31. The van der Waals surface area contributed by atoms with Crippen molar-refractivity contribution in [1.29, 1.82) is 5.41 Å². The summed E-state index contributed by atoms with van der Waals surface area (Å²) in [5.74, 6) is 0.0954. The van der Waals surface area contributed by atoms with Crippen LogP contribution in [-0.4, -0.2) is 48.9 Å². The van der Waals surface area contributed by atoms with Crippen LogP contribution in [0.15, 0.2) is 6.07 Å². The molecule has 1 saturated heterocycles. The predicted molar refractivity (Wildman–Crippen MR) is 83.7 cm³/mol. The molecule has 0 aromatic carbocycles. The van der Waals surface area contributed by atoms with Crippen LogP contribution in [0.1, 0.15) is 29.8 Å². The minimum atomic E-state index is 0.0954. The molecule has 1 aromatic rings. The Labute approximate surface area is 121 Å². The van der Waals surface area contributed by atoms with Gasteiger partial charge in [0.25, 0.3) is 0 Å². The maximum atomic E-state index is 7.78. The lowest BCUT2D eigenvalue weighted by atomic mass is 10.1. The first-order chi connectivity index (χ1) is 9.49. The Morgan fingerprint density at radius 2 is 2.05 bits per heavy atom. The second-order valence-corrected chi connectivity index (χ2v) is 5.63. The molecular formula is C15H25N5. The van der Waals surface area contributed by atoms with Crippen LogP contribution in [0, 0.1) is 19.3 Å². The van der Waals surface area contributed by atoms with Gasteiger partial charge < -0.3 is 15.5 Å². The van der Waals surface area contributed by atoms with Gasteiger partial charge in [0.15, 0.2) is 0 Å². The van der Waals surface area contributed by atoms with E-state index in [0.29, 0.717) is 0 Å². The summed E-state index contributed by atoms with van der Waals surface area (Å²) in [7, 11) is 2.07. The molecule has 5 heteroatoms. The summed E-state index contributed by atoms with van der Waals surface area (Å²) in [6.45, 7) is 8.33. The van der Waals surface area contributed by atoms with Gasteiger partial charge in [0.1, 0.15) is 5.84 Å². The van der Waals surface area contributed by atoms with E-state index in [1.165, 1.54) is 25.9 Å². The van der Waals surface area contributed by atoms with Crippen LogP contribution in [0.4, 0.5) is 5.69 Å². The molecule has 1 fully saturated rings. The normalized spacial score (nSPS) is 15.6.